The molecule has 3 rings (SSSR count). The number of quaternary nitrogens is 1. The van der Waals surface area contributed by atoms with Gasteiger partial charge in [-0.15, -0.1) is 0 Å². The number of rotatable bonds is 6. The van der Waals surface area contributed by atoms with Crippen molar-refractivity contribution in [3.8, 4) is 0 Å². The standard InChI is InChI=1S/C18H21Cl2FN4O/c1-11(13-8-16(21)15(20)9-14(13)19)22-10-18(26)24-17-6-7-23-25(17)12-4-2-3-5-12/h6-9,11-12,22H,2-5,10H2,1H3,(H,24,26)/p+1/t11-/m1/s1. The number of hydrogen-bond acceptors (Lipinski definition) is 2. The molecular weight excluding hydrogens is 378 g/mol. The van der Waals surface area contributed by atoms with Crippen LogP contribution in [0.5, 0.6) is 0 Å². The highest BCUT2D eigenvalue weighted by atomic mass is 35.5. The lowest BCUT2D eigenvalue weighted by Gasteiger charge is -2.16. The summed E-state index contributed by atoms with van der Waals surface area (Å²) in [5.41, 5.74) is 0.609. The highest BCUT2D eigenvalue weighted by molar-refractivity contribution is 6.35. The number of anilines is 1. The molecule has 8 heteroatoms. The molecule has 1 fully saturated rings. The molecule has 3 N–H and O–H groups in total. The van der Waals surface area contributed by atoms with Crippen LogP contribution in [0.1, 0.15) is 50.3 Å². The van der Waals surface area contributed by atoms with Crippen LogP contribution in [0.2, 0.25) is 10.0 Å². The molecule has 1 aromatic carbocycles. The Balaban J connectivity index is 1.58. The van der Waals surface area contributed by atoms with Crippen LogP contribution in [-0.2, 0) is 4.79 Å². The van der Waals surface area contributed by atoms with Gasteiger partial charge in [0.2, 0.25) is 0 Å². The summed E-state index contributed by atoms with van der Waals surface area (Å²) in [7, 11) is 0. The summed E-state index contributed by atoms with van der Waals surface area (Å²) in [5, 5.41) is 9.44. The van der Waals surface area contributed by atoms with Crippen LogP contribution < -0.4 is 10.6 Å². The van der Waals surface area contributed by atoms with Gasteiger partial charge in [0.1, 0.15) is 17.7 Å². The first-order valence-electron chi connectivity index (χ1n) is 8.77. The van der Waals surface area contributed by atoms with E-state index in [1.807, 2.05) is 17.7 Å². The molecule has 5 nitrogen and oxygen atoms in total. The molecule has 1 heterocycles. The van der Waals surface area contributed by atoms with Crippen LogP contribution in [0.15, 0.2) is 24.4 Å². The Labute approximate surface area is 161 Å². The molecule has 1 atom stereocenters. The third kappa shape index (κ3) is 4.37. The number of carbonyl (C=O) groups is 1. The molecular formula is C18H22Cl2FN4O+. The van der Waals surface area contributed by atoms with Crippen LogP contribution >= 0.6 is 23.2 Å². The zero-order valence-electron chi connectivity index (χ0n) is 14.5. The second-order valence-corrected chi connectivity index (χ2v) is 7.48. The SMILES string of the molecule is C[C@@H]([NH2+]CC(=O)Nc1ccnn1C1CCCC1)c1cc(F)c(Cl)cc1Cl. The minimum absolute atomic E-state index is 0.0103. The first-order valence-corrected chi connectivity index (χ1v) is 9.52. The van der Waals surface area contributed by atoms with Gasteiger partial charge in [0.15, 0.2) is 6.54 Å². The van der Waals surface area contributed by atoms with E-state index in [1.165, 1.54) is 25.0 Å². The average molecular weight is 400 g/mol. The largest absolute Gasteiger partial charge is 0.332 e. The van der Waals surface area contributed by atoms with E-state index in [1.54, 1.807) is 11.5 Å². The number of amides is 1. The zero-order valence-corrected chi connectivity index (χ0v) is 16.0. The summed E-state index contributed by atoms with van der Waals surface area (Å²) >= 11 is 11.9. The fraction of sp³-hybridized carbons (Fsp3) is 0.444. The molecule has 0 aliphatic heterocycles. The van der Waals surface area contributed by atoms with Gasteiger partial charge in [-0.1, -0.05) is 36.0 Å². The van der Waals surface area contributed by atoms with Crippen molar-refractivity contribution in [3.05, 3.63) is 45.8 Å². The molecule has 0 spiro atoms. The second kappa shape index (κ2) is 8.37. The Morgan fingerprint density at radius 3 is 2.85 bits per heavy atom. The first-order chi connectivity index (χ1) is 12.5. The molecule has 0 saturated heterocycles. The molecule has 26 heavy (non-hydrogen) atoms. The molecule has 1 amide bonds. The molecule has 2 aromatic rings. The van der Waals surface area contributed by atoms with Gasteiger partial charge in [0.25, 0.3) is 5.91 Å². The lowest BCUT2D eigenvalue weighted by atomic mass is 10.1. The van der Waals surface area contributed by atoms with Crippen LogP contribution in [0, 0.1) is 5.82 Å². The van der Waals surface area contributed by atoms with E-state index in [-0.39, 0.29) is 23.5 Å². The molecule has 0 radical (unpaired) electrons. The van der Waals surface area contributed by atoms with Crippen molar-refractivity contribution in [1.82, 2.24) is 9.78 Å². The third-order valence-corrected chi connectivity index (χ3v) is 5.41. The molecule has 1 saturated carbocycles. The second-order valence-electron chi connectivity index (χ2n) is 6.66. The fourth-order valence-electron chi connectivity index (χ4n) is 3.34. The average Bonchev–Trinajstić information content (AvgIpc) is 3.27. The Morgan fingerprint density at radius 1 is 1.38 bits per heavy atom. The highest BCUT2D eigenvalue weighted by Crippen LogP contribution is 2.31. The lowest BCUT2D eigenvalue weighted by Crippen LogP contribution is -2.86. The van der Waals surface area contributed by atoms with E-state index in [4.69, 9.17) is 23.2 Å². The number of aromatic nitrogens is 2. The van der Waals surface area contributed by atoms with Crippen molar-refractivity contribution in [2.24, 2.45) is 0 Å². The van der Waals surface area contributed by atoms with Crippen molar-refractivity contribution < 1.29 is 14.5 Å². The fourth-order valence-corrected chi connectivity index (χ4v) is 3.90. The van der Waals surface area contributed by atoms with Gasteiger partial charge in [0, 0.05) is 11.6 Å². The van der Waals surface area contributed by atoms with Gasteiger partial charge < -0.3 is 10.6 Å². The van der Waals surface area contributed by atoms with Crippen LogP contribution in [0.25, 0.3) is 0 Å². The maximum absolute atomic E-state index is 13.7. The minimum Gasteiger partial charge on any atom is -0.332 e. The van der Waals surface area contributed by atoms with E-state index in [9.17, 15) is 9.18 Å². The van der Waals surface area contributed by atoms with Gasteiger partial charge in [-0.2, -0.15) is 5.10 Å². The van der Waals surface area contributed by atoms with E-state index in [2.05, 4.69) is 10.4 Å². The quantitative estimate of drug-likeness (QED) is 0.727. The summed E-state index contributed by atoms with van der Waals surface area (Å²) < 4.78 is 15.6. The van der Waals surface area contributed by atoms with Gasteiger partial charge in [-0.3, -0.25) is 4.79 Å². The normalized spacial score (nSPS) is 16.0. The van der Waals surface area contributed by atoms with Gasteiger partial charge in [0.05, 0.1) is 22.3 Å². The van der Waals surface area contributed by atoms with E-state index in [0.717, 1.165) is 18.7 Å². The van der Waals surface area contributed by atoms with Crippen molar-refractivity contribution >= 4 is 34.9 Å². The van der Waals surface area contributed by atoms with Gasteiger partial charge in [-0.25, -0.2) is 9.07 Å². The van der Waals surface area contributed by atoms with Crippen molar-refractivity contribution in [1.29, 1.82) is 0 Å². The van der Waals surface area contributed by atoms with E-state index < -0.39 is 5.82 Å². The predicted octanol–water partition coefficient (Wildman–Crippen LogP) is 3.71. The predicted molar refractivity (Wildman–Crippen MR) is 100.0 cm³/mol. The first kappa shape index (κ1) is 19.1. The topological polar surface area (TPSA) is 63.5 Å². The number of carbonyl (C=O) groups excluding carboxylic acids is 1. The van der Waals surface area contributed by atoms with E-state index >= 15 is 0 Å². The molecule has 140 valence electrons. The number of nitrogens with two attached hydrogens (primary N) is 1. The molecule has 0 unspecified atom stereocenters. The molecule has 1 aromatic heterocycles. The van der Waals surface area contributed by atoms with Crippen molar-refractivity contribution in [3.63, 3.8) is 0 Å². The Kier molecular flexibility index (Phi) is 6.16. The lowest BCUT2D eigenvalue weighted by molar-refractivity contribution is -0.682. The van der Waals surface area contributed by atoms with Crippen LogP contribution in [-0.4, -0.2) is 22.2 Å². The van der Waals surface area contributed by atoms with Gasteiger partial charge >= 0.3 is 0 Å². The summed E-state index contributed by atoms with van der Waals surface area (Å²) in [6.45, 7) is 2.06. The summed E-state index contributed by atoms with van der Waals surface area (Å²) in [4.78, 5) is 12.3. The zero-order chi connectivity index (χ0) is 18.7. The highest BCUT2D eigenvalue weighted by Gasteiger charge is 2.21. The summed E-state index contributed by atoms with van der Waals surface area (Å²) in [5.74, 6) is 0.0666. The van der Waals surface area contributed by atoms with Crippen molar-refractivity contribution in [2.75, 3.05) is 11.9 Å². The monoisotopic (exact) mass is 399 g/mol. The van der Waals surface area contributed by atoms with Crippen LogP contribution in [0.3, 0.4) is 0 Å². The Morgan fingerprint density at radius 2 is 2.12 bits per heavy atom. The molecule has 1 aliphatic carbocycles. The van der Waals surface area contributed by atoms with E-state index in [0.29, 0.717) is 16.6 Å². The number of halogens is 3. The van der Waals surface area contributed by atoms with Crippen molar-refractivity contribution in [2.45, 2.75) is 44.7 Å². The molecule has 0 bridgehead atoms. The maximum atomic E-state index is 13.7. The third-order valence-electron chi connectivity index (χ3n) is 4.80. The summed E-state index contributed by atoms with van der Waals surface area (Å²) in [6.07, 6.45) is 6.28. The molecule has 1 aliphatic rings. The minimum atomic E-state index is -0.517. The number of hydrogen-bond donors (Lipinski definition) is 2. The summed E-state index contributed by atoms with van der Waals surface area (Å²) in [6, 6.07) is 4.70. The Bertz CT molecular complexity index is 789. The number of nitrogens with one attached hydrogen (secondary N) is 1. The maximum Gasteiger partial charge on any atom is 0.280 e. The smallest absolute Gasteiger partial charge is 0.280 e. The van der Waals surface area contributed by atoms with Gasteiger partial charge in [-0.05, 0) is 31.9 Å². The number of nitrogens with zero attached hydrogens (tertiary/aromatic N) is 2. The number of benzene rings is 1. The Hall–Kier alpha value is -1.63. The van der Waals surface area contributed by atoms with Crippen LogP contribution in [0.4, 0.5) is 10.2 Å².